The van der Waals surface area contributed by atoms with Crippen molar-refractivity contribution in [3.05, 3.63) is 22.2 Å². The molecule has 1 aliphatic heterocycles. The van der Waals surface area contributed by atoms with Gasteiger partial charge in [0, 0.05) is 19.2 Å². The number of nitrogens with zero attached hydrogens (tertiary/aromatic N) is 2. The van der Waals surface area contributed by atoms with E-state index >= 15 is 0 Å². The molecule has 0 aromatic heterocycles. The van der Waals surface area contributed by atoms with E-state index in [1.807, 2.05) is 0 Å². The van der Waals surface area contributed by atoms with Crippen molar-refractivity contribution in [2.45, 2.75) is 25.5 Å². The summed E-state index contributed by atoms with van der Waals surface area (Å²) < 4.78 is 55.0. The van der Waals surface area contributed by atoms with Crippen LogP contribution in [0.3, 0.4) is 0 Å². The average Bonchev–Trinajstić information content (AvgIpc) is 2.90. The molecule has 1 atom stereocenters. The number of amides is 3. The lowest BCUT2D eigenvalue weighted by atomic mass is 10.2. The number of alkyl halides is 4. The standard InChI is InChI=1S/C14H13Cl2F4N3O3/c1-6(11(21)24)22-2-3-23(13(22)25)9-5-10(8(16)4-7(9)15)26-14(19,20)12(17)18/h4-6,12H,2-3H2,1H3,(H2,21,24). The molecular formula is C14H13Cl2F4N3O3. The molecule has 1 saturated heterocycles. The second-order valence-corrected chi connectivity index (χ2v) is 6.22. The average molecular weight is 418 g/mol. The van der Waals surface area contributed by atoms with E-state index in [0.717, 1.165) is 21.9 Å². The van der Waals surface area contributed by atoms with Crippen LogP contribution in [0.15, 0.2) is 12.1 Å². The largest absolute Gasteiger partial charge is 0.461 e. The lowest BCUT2D eigenvalue weighted by Crippen LogP contribution is -2.45. The topological polar surface area (TPSA) is 75.9 Å². The Morgan fingerprint density at radius 3 is 2.42 bits per heavy atom. The van der Waals surface area contributed by atoms with Crippen LogP contribution < -0.4 is 15.4 Å². The maximum atomic E-state index is 13.2. The number of carbonyl (C=O) groups is 2. The highest BCUT2D eigenvalue weighted by molar-refractivity contribution is 6.37. The minimum atomic E-state index is -4.78. The highest BCUT2D eigenvalue weighted by Gasteiger charge is 2.45. The van der Waals surface area contributed by atoms with Crippen molar-refractivity contribution < 1.29 is 31.9 Å². The molecule has 1 aliphatic rings. The van der Waals surface area contributed by atoms with Crippen molar-refractivity contribution in [1.82, 2.24) is 4.90 Å². The predicted octanol–water partition coefficient (Wildman–Crippen LogP) is 3.35. The first-order valence-corrected chi connectivity index (χ1v) is 7.92. The number of carbonyl (C=O) groups excluding carboxylic acids is 2. The number of benzene rings is 1. The number of rotatable bonds is 6. The van der Waals surface area contributed by atoms with Crippen LogP contribution in [-0.2, 0) is 4.79 Å². The van der Waals surface area contributed by atoms with Crippen LogP contribution in [-0.4, -0.2) is 48.5 Å². The fourth-order valence-corrected chi connectivity index (χ4v) is 2.81. The minimum Gasteiger partial charge on any atom is -0.427 e. The molecular weight excluding hydrogens is 405 g/mol. The molecule has 1 heterocycles. The first-order chi connectivity index (χ1) is 12.0. The third-order valence-electron chi connectivity index (χ3n) is 3.71. The number of primary amides is 1. The Balaban J connectivity index is 2.35. The van der Waals surface area contributed by atoms with Crippen LogP contribution in [0.1, 0.15) is 6.92 Å². The third-order valence-corrected chi connectivity index (χ3v) is 4.31. The Hall–Kier alpha value is -1.94. The summed E-state index contributed by atoms with van der Waals surface area (Å²) in [5.74, 6) is -1.51. The Kier molecular flexibility index (Phi) is 5.76. The summed E-state index contributed by atoms with van der Waals surface area (Å²) in [6, 6.07) is 0.282. The summed E-state index contributed by atoms with van der Waals surface area (Å²) in [6.07, 6.45) is -8.87. The van der Waals surface area contributed by atoms with Crippen molar-refractivity contribution in [1.29, 1.82) is 0 Å². The molecule has 1 unspecified atom stereocenters. The zero-order valence-corrected chi connectivity index (χ0v) is 14.7. The fourth-order valence-electron chi connectivity index (χ4n) is 2.29. The van der Waals surface area contributed by atoms with Gasteiger partial charge in [-0.25, -0.2) is 4.79 Å². The Bertz CT molecular complexity index is 736. The number of nitrogens with two attached hydrogens (primary N) is 1. The van der Waals surface area contributed by atoms with Gasteiger partial charge in [0.1, 0.15) is 11.8 Å². The molecule has 144 valence electrons. The zero-order valence-electron chi connectivity index (χ0n) is 13.2. The van der Waals surface area contributed by atoms with Gasteiger partial charge >= 0.3 is 18.6 Å². The first kappa shape index (κ1) is 20.4. The van der Waals surface area contributed by atoms with E-state index in [4.69, 9.17) is 28.9 Å². The van der Waals surface area contributed by atoms with E-state index in [2.05, 4.69) is 4.74 Å². The molecule has 0 saturated carbocycles. The highest BCUT2D eigenvalue weighted by atomic mass is 35.5. The maximum Gasteiger partial charge on any atom is 0.461 e. The SMILES string of the molecule is CC(C(N)=O)N1CCN(c2cc(OC(F)(F)C(F)F)c(Cl)cc2Cl)C1=O. The van der Waals surface area contributed by atoms with E-state index in [1.54, 1.807) is 0 Å². The quantitative estimate of drug-likeness (QED) is 0.721. The molecule has 0 aliphatic carbocycles. The van der Waals surface area contributed by atoms with Gasteiger partial charge < -0.3 is 15.4 Å². The summed E-state index contributed by atoms with van der Waals surface area (Å²) >= 11 is 11.7. The summed E-state index contributed by atoms with van der Waals surface area (Å²) in [6.45, 7) is 1.60. The highest BCUT2D eigenvalue weighted by Crippen LogP contribution is 2.40. The Morgan fingerprint density at radius 2 is 1.88 bits per heavy atom. The molecule has 0 radical (unpaired) electrons. The second-order valence-electron chi connectivity index (χ2n) is 5.40. The second kappa shape index (κ2) is 7.36. The molecule has 1 fully saturated rings. The van der Waals surface area contributed by atoms with E-state index < -0.39 is 41.3 Å². The van der Waals surface area contributed by atoms with E-state index in [0.29, 0.717) is 0 Å². The van der Waals surface area contributed by atoms with E-state index in [9.17, 15) is 27.2 Å². The van der Waals surface area contributed by atoms with Gasteiger partial charge in [0.2, 0.25) is 5.91 Å². The molecule has 1 aromatic rings. The molecule has 2 N–H and O–H groups in total. The number of halogens is 6. The Morgan fingerprint density at radius 1 is 1.27 bits per heavy atom. The van der Waals surface area contributed by atoms with Crippen LogP contribution in [0.4, 0.5) is 28.0 Å². The number of urea groups is 1. The number of anilines is 1. The molecule has 6 nitrogen and oxygen atoms in total. The van der Waals surface area contributed by atoms with Crippen molar-refractivity contribution >= 4 is 40.8 Å². The predicted molar refractivity (Wildman–Crippen MR) is 86.1 cm³/mol. The van der Waals surface area contributed by atoms with Gasteiger partial charge in [-0.15, -0.1) is 0 Å². The summed E-state index contributed by atoms with van der Waals surface area (Å²) in [4.78, 5) is 25.9. The fraction of sp³-hybridized carbons (Fsp3) is 0.429. The van der Waals surface area contributed by atoms with Gasteiger partial charge in [-0.3, -0.25) is 9.69 Å². The monoisotopic (exact) mass is 417 g/mol. The Labute approximate surface area is 155 Å². The van der Waals surface area contributed by atoms with Crippen molar-refractivity contribution in [3.8, 4) is 5.75 Å². The van der Waals surface area contributed by atoms with Crippen LogP contribution in [0.25, 0.3) is 0 Å². The van der Waals surface area contributed by atoms with Crippen LogP contribution in [0.5, 0.6) is 5.75 Å². The lowest BCUT2D eigenvalue weighted by molar-refractivity contribution is -0.253. The molecule has 26 heavy (non-hydrogen) atoms. The van der Waals surface area contributed by atoms with Crippen LogP contribution in [0, 0.1) is 0 Å². The van der Waals surface area contributed by atoms with Gasteiger partial charge in [-0.2, -0.15) is 17.6 Å². The summed E-state index contributed by atoms with van der Waals surface area (Å²) in [5, 5.41) is -0.530. The van der Waals surface area contributed by atoms with Gasteiger partial charge in [0.15, 0.2) is 0 Å². The number of ether oxygens (including phenoxy) is 1. The molecule has 0 bridgehead atoms. The normalized spacial score (nSPS) is 16.4. The van der Waals surface area contributed by atoms with Crippen molar-refractivity contribution in [2.75, 3.05) is 18.0 Å². The molecule has 0 spiro atoms. The molecule has 12 heteroatoms. The summed E-state index contributed by atoms with van der Waals surface area (Å²) in [7, 11) is 0. The summed E-state index contributed by atoms with van der Waals surface area (Å²) in [5.41, 5.74) is 5.08. The van der Waals surface area contributed by atoms with Gasteiger partial charge in [-0.05, 0) is 13.0 Å². The number of hydrogen-bond acceptors (Lipinski definition) is 3. The molecule has 1 aromatic carbocycles. The minimum absolute atomic E-state index is 0.0580. The first-order valence-electron chi connectivity index (χ1n) is 7.17. The smallest absolute Gasteiger partial charge is 0.427 e. The van der Waals surface area contributed by atoms with E-state index in [1.165, 1.54) is 6.92 Å². The zero-order chi connectivity index (χ0) is 19.8. The maximum absolute atomic E-state index is 13.2. The number of hydrogen-bond donors (Lipinski definition) is 1. The van der Waals surface area contributed by atoms with Gasteiger partial charge in [0.05, 0.1) is 15.7 Å². The lowest BCUT2D eigenvalue weighted by Gasteiger charge is -2.24. The van der Waals surface area contributed by atoms with Gasteiger partial charge in [-0.1, -0.05) is 23.2 Å². The van der Waals surface area contributed by atoms with Crippen LogP contribution >= 0.6 is 23.2 Å². The third kappa shape index (κ3) is 3.90. The van der Waals surface area contributed by atoms with Crippen LogP contribution in [0.2, 0.25) is 10.0 Å². The van der Waals surface area contributed by atoms with Gasteiger partial charge in [0.25, 0.3) is 0 Å². The van der Waals surface area contributed by atoms with Crippen molar-refractivity contribution in [3.63, 3.8) is 0 Å². The van der Waals surface area contributed by atoms with E-state index in [-0.39, 0.29) is 23.8 Å². The molecule has 3 amide bonds. The van der Waals surface area contributed by atoms with Crippen molar-refractivity contribution in [2.24, 2.45) is 5.73 Å². The molecule has 2 rings (SSSR count).